The molecule has 1 aromatic heterocycles. The second kappa shape index (κ2) is 6.45. The van der Waals surface area contributed by atoms with E-state index in [0.717, 1.165) is 19.4 Å². The van der Waals surface area contributed by atoms with Crippen LogP contribution in [-0.4, -0.2) is 39.4 Å². The molecule has 3 rings (SSSR count). The fourth-order valence-corrected chi connectivity index (χ4v) is 2.67. The van der Waals surface area contributed by atoms with Crippen LogP contribution < -0.4 is 5.32 Å². The standard InChI is InChI=1S/C16H19FN4O2/c1-10(14-4-3-9-23-14)18-16(22)15-19-11(2)21(20-15)13-7-5-12(17)6-8-13/h5-8,10,14H,3-4,9H2,1-2H3,(H,18,22)/t10-,14-/m1/s1. The molecule has 1 aromatic carbocycles. The first-order valence-electron chi connectivity index (χ1n) is 7.66. The topological polar surface area (TPSA) is 69.0 Å². The fraction of sp³-hybridized carbons (Fsp3) is 0.438. The molecule has 1 fully saturated rings. The van der Waals surface area contributed by atoms with Crippen molar-refractivity contribution < 1.29 is 13.9 Å². The molecule has 0 saturated carbocycles. The van der Waals surface area contributed by atoms with Crippen molar-refractivity contribution in [1.29, 1.82) is 0 Å². The van der Waals surface area contributed by atoms with Gasteiger partial charge in [0.25, 0.3) is 5.91 Å². The quantitative estimate of drug-likeness (QED) is 0.936. The van der Waals surface area contributed by atoms with Crippen LogP contribution >= 0.6 is 0 Å². The summed E-state index contributed by atoms with van der Waals surface area (Å²) in [6, 6.07) is 5.77. The molecule has 1 N–H and O–H groups in total. The first-order chi connectivity index (χ1) is 11.0. The summed E-state index contributed by atoms with van der Waals surface area (Å²) < 4.78 is 20.1. The lowest BCUT2D eigenvalue weighted by molar-refractivity contribution is 0.0706. The first kappa shape index (κ1) is 15.6. The molecule has 0 aliphatic carbocycles. The van der Waals surface area contributed by atoms with Gasteiger partial charge in [0.2, 0.25) is 5.82 Å². The number of hydrogen-bond donors (Lipinski definition) is 1. The number of ether oxygens (including phenoxy) is 1. The van der Waals surface area contributed by atoms with E-state index in [4.69, 9.17) is 4.74 Å². The largest absolute Gasteiger partial charge is 0.376 e. The number of hydrogen-bond acceptors (Lipinski definition) is 4. The van der Waals surface area contributed by atoms with Gasteiger partial charge in [-0.25, -0.2) is 14.1 Å². The number of nitrogens with one attached hydrogen (secondary N) is 1. The Morgan fingerprint density at radius 1 is 1.43 bits per heavy atom. The van der Waals surface area contributed by atoms with Crippen LogP contribution in [-0.2, 0) is 4.74 Å². The third-order valence-electron chi connectivity index (χ3n) is 3.92. The number of aromatic nitrogens is 3. The summed E-state index contributed by atoms with van der Waals surface area (Å²) in [5, 5.41) is 7.10. The minimum atomic E-state index is -0.336. The minimum absolute atomic E-state index is 0.0410. The number of rotatable bonds is 4. The van der Waals surface area contributed by atoms with E-state index in [-0.39, 0.29) is 29.7 Å². The molecule has 0 bridgehead atoms. The molecule has 7 heteroatoms. The number of carbonyl (C=O) groups is 1. The maximum atomic E-state index is 13.0. The van der Waals surface area contributed by atoms with Crippen molar-refractivity contribution in [2.45, 2.75) is 38.8 Å². The maximum absolute atomic E-state index is 13.0. The van der Waals surface area contributed by atoms with Gasteiger partial charge < -0.3 is 10.1 Å². The predicted molar refractivity (Wildman–Crippen MR) is 82.0 cm³/mol. The Balaban J connectivity index is 1.74. The van der Waals surface area contributed by atoms with E-state index in [1.54, 1.807) is 19.1 Å². The lowest BCUT2D eigenvalue weighted by Crippen LogP contribution is -2.41. The summed E-state index contributed by atoms with van der Waals surface area (Å²) in [6.07, 6.45) is 2.00. The van der Waals surface area contributed by atoms with Gasteiger partial charge in [-0.05, 0) is 51.0 Å². The second-order valence-corrected chi connectivity index (χ2v) is 5.68. The van der Waals surface area contributed by atoms with Gasteiger partial charge in [0.1, 0.15) is 11.6 Å². The number of benzene rings is 1. The number of halogens is 1. The molecule has 6 nitrogen and oxygen atoms in total. The highest BCUT2D eigenvalue weighted by atomic mass is 19.1. The zero-order valence-electron chi connectivity index (χ0n) is 13.1. The molecule has 0 spiro atoms. The van der Waals surface area contributed by atoms with Crippen molar-refractivity contribution in [2.75, 3.05) is 6.61 Å². The molecule has 2 aromatic rings. The van der Waals surface area contributed by atoms with Gasteiger partial charge in [-0.3, -0.25) is 4.79 Å². The molecule has 2 atom stereocenters. The molecular formula is C16H19FN4O2. The van der Waals surface area contributed by atoms with Gasteiger partial charge in [-0.2, -0.15) is 0 Å². The lowest BCUT2D eigenvalue weighted by atomic mass is 10.1. The molecule has 1 amide bonds. The van der Waals surface area contributed by atoms with E-state index in [1.165, 1.54) is 16.8 Å². The normalized spacial score (nSPS) is 18.8. The summed E-state index contributed by atoms with van der Waals surface area (Å²) in [5.41, 5.74) is 0.655. The highest BCUT2D eigenvalue weighted by Gasteiger charge is 2.25. The maximum Gasteiger partial charge on any atom is 0.291 e. The monoisotopic (exact) mass is 318 g/mol. The first-order valence-corrected chi connectivity index (χ1v) is 7.66. The zero-order valence-corrected chi connectivity index (χ0v) is 13.1. The molecule has 23 heavy (non-hydrogen) atoms. The van der Waals surface area contributed by atoms with Gasteiger partial charge in [0.15, 0.2) is 0 Å². The molecule has 1 aliphatic rings. The van der Waals surface area contributed by atoms with Crippen molar-refractivity contribution in [3.63, 3.8) is 0 Å². The fourth-order valence-electron chi connectivity index (χ4n) is 2.67. The Kier molecular flexibility index (Phi) is 4.38. The van der Waals surface area contributed by atoms with Crippen molar-refractivity contribution in [1.82, 2.24) is 20.1 Å². The summed E-state index contributed by atoms with van der Waals surface area (Å²) in [5.74, 6) is -0.00460. The summed E-state index contributed by atoms with van der Waals surface area (Å²) in [6.45, 7) is 4.40. The van der Waals surface area contributed by atoms with Crippen LogP contribution in [0.2, 0.25) is 0 Å². The highest BCUT2D eigenvalue weighted by molar-refractivity contribution is 5.90. The Hall–Kier alpha value is -2.28. The van der Waals surface area contributed by atoms with Gasteiger partial charge >= 0.3 is 0 Å². The Labute approximate surface area is 133 Å². The van der Waals surface area contributed by atoms with Crippen LogP contribution in [0.4, 0.5) is 4.39 Å². The molecule has 2 heterocycles. The van der Waals surface area contributed by atoms with Crippen LogP contribution in [0.15, 0.2) is 24.3 Å². The smallest absolute Gasteiger partial charge is 0.291 e. The third-order valence-corrected chi connectivity index (χ3v) is 3.92. The number of nitrogens with zero attached hydrogens (tertiary/aromatic N) is 3. The van der Waals surface area contributed by atoms with Crippen LogP contribution in [0.3, 0.4) is 0 Å². The van der Waals surface area contributed by atoms with Crippen LogP contribution in [0.25, 0.3) is 5.69 Å². The van der Waals surface area contributed by atoms with Crippen LogP contribution in [0.1, 0.15) is 36.2 Å². The highest BCUT2D eigenvalue weighted by Crippen LogP contribution is 2.16. The second-order valence-electron chi connectivity index (χ2n) is 5.68. The van der Waals surface area contributed by atoms with E-state index in [9.17, 15) is 9.18 Å². The number of amides is 1. The number of carbonyl (C=O) groups excluding carboxylic acids is 1. The van der Waals surface area contributed by atoms with E-state index >= 15 is 0 Å². The van der Waals surface area contributed by atoms with Gasteiger partial charge in [-0.15, -0.1) is 5.10 Å². The van der Waals surface area contributed by atoms with Gasteiger partial charge in [0, 0.05) is 6.61 Å². The summed E-state index contributed by atoms with van der Waals surface area (Å²) >= 11 is 0. The molecule has 0 radical (unpaired) electrons. The van der Waals surface area contributed by atoms with E-state index in [1.807, 2.05) is 6.92 Å². The van der Waals surface area contributed by atoms with Crippen molar-refractivity contribution >= 4 is 5.91 Å². The SMILES string of the molecule is Cc1nc(C(=O)N[C@H](C)[C@H]2CCCO2)nn1-c1ccc(F)cc1. The summed E-state index contributed by atoms with van der Waals surface area (Å²) in [4.78, 5) is 16.5. The van der Waals surface area contributed by atoms with Crippen molar-refractivity contribution in [3.8, 4) is 5.69 Å². The molecular weight excluding hydrogens is 299 g/mol. The summed E-state index contributed by atoms with van der Waals surface area (Å²) in [7, 11) is 0. The van der Waals surface area contributed by atoms with Gasteiger partial charge in [0.05, 0.1) is 17.8 Å². The van der Waals surface area contributed by atoms with E-state index < -0.39 is 0 Å². The average molecular weight is 318 g/mol. The predicted octanol–water partition coefficient (Wildman–Crippen LogP) is 2.01. The average Bonchev–Trinajstić information content (AvgIpc) is 3.17. The molecule has 1 saturated heterocycles. The number of aryl methyl sites for hydroxylation is 1. The van der Waals surface area contributed by atoms with Gasteiger partial charge in [-0.1, -0.05) is 0 Å². The van der Waals surface area contributed by atoms with Crippen molar-refractivity contribution in [3.05, 3.63) is 41.7 Å². The third kappa shape index (κ3) is 3.39. The van der Waals surface area contributed by atoms with Crippen molar-refractivity contribution in [2.24, 2.45) is 0 Å². The van der Waals surface area contributed by atoms with Crippen LogP contribution in [0.5, 0.6) is 0 Å². The van der Waals surface area contributed by atoms with E-state index in [0.29, 0.717) is 11.5 Å². The minimum Gasteiger partial charge on any atom is -0.376 e. The van der Waals surface area contributed by atoms with E-state index in [2.05, 4.69) is 15.4 Å². The molecule has 0 unspecified atom stereocenters. The zero-order chi connectivity index (χ0) is 16.4. The Morgan fingerprint density at radius 2 is 2.17 bits per heavy atom. The van der Waals surface area contributed by atoms with Crippen LogP contribution in [0, 0.1) is 12.7 Å². The molecule has 122 valence electrons. The lowest BCUT2D eigenvalue weighted by Gasteiger charge is -2.18. The Morgan fingerprint density at radius 3 is 2.83 bits per heavy atom. The molecule has 1 aliphatic heterocycles. The Bertz CT molecular complexity index is 693.